The van der Waals surface area contributed by atoms with Crippen molar-refractivity contribution in [2.45, 2.75) is 25.2 Å². The van der Waals surface area contributed by atoms with Crippen LogP contribution in [0.4, 0.5) is 5.69 Å². The molecule has 0 heterocycles. The molecule has 1 saturated carbocycles. The van der Waals surface area contributed by atoms with E-state index in [1.807, 2.05) is 6.07 Å². The van der Waals surface area contributed by atoms with Crippen LogP contribution in [0.3, 0.4) is 0 Å². The van der Waals surface area contributed by atoms with E-state index in [0.29, 0.717) is 11.5 Å². The molecule has 0 unspecified atom stereocenters. The molecule has 1 aromatic rings. The molecule has 0 aromatic heterocycles. The van der Waals surface area contributed by atoms with E-state index in [2.05, 4.69) is 4.74 Å². The highest BCUT2D eigenvalue weighted by atomic mass is 16.5. The van der Waals surface area contributed by atoms with Gasteiger partial charge in [-0.15, -0.1) is 0 Å². The van der Waals surface area contributed by atoms with Crippen LogP contribution in [0.15, 0.2) is 18.2 Å². The first-order chi connectivity index (χ1) is 7.22. The van der Waals surface area contributed by atoms with E-state index in [-0.39, 0.29) is 5.97 Å². The number of hydrogen-bond donors (Lipinski definition) is 1. The zero-order chi connectivity index (χ0) is 10.8. The van der Waals surface area contributed by atoms with Crippen molar-refractivity contribution in [2.24, 2.45) is 0 Å². The summed E-state index contributed by atoms with van der Waals surface area (Å²) in [6.07, 6.45) is 3.61. The van der Waals surface area contributed by atoms with Crippen LogP contribution in [0.2, 0.25) is 0 Å². The van der Waals surface area contributed by atoms with Crippen molar-refractivity contribution in [3.8, 4) is 0 Å². The van der Waals surface area contributed by atoms with Crippen LogP contribution in [-0.4, -0.2) is 13.1 Å². The van der Waals surface area contributed by atoms with Crippen LogP contribution in [0.5, 0.6) is 0 Å². The van der Waals surface area contributed by atoms with E-state index in [1.54, 1.807) is 12.1 Å². The molecule has 0 bridgehead atoms. The number of ether oxygens (including phenoxy) is 1. The van der Waals surface area contributed by atoms with Gasteiger partial charge in [0.05, 0.1) is 12.7 Å². The zero-order valence-corrected chi connectivity index (χ0v) is 8.82. The summed E-state index contributed by atoms with van der Waals surface area (Å²) >= 11 is 0. The molecule has 2 rings (SSSR count). The van der Waals surface area contributed by atoms with E-state index in [1.165, 1.54) is 26.4 Å². The molecule has 0 amide bonds. The molecule has 0 radical (unpaired) electrons. The number of benzene rings is 1. The van der Waals surface area contributed by atoms with Crippen LogP contribution in [-0.2, 0) is 4.74 Å². The first-order valence-electron chi connectivity index (χ1n) is 5.20. The molecule has 1 aliphatic rings. The van der Waals surface area contributed by atoms with Gasteiger partial charge in [-0.1, -0.05) is 6.42 Å². The first kappa shape index (κ1) is 10.0. The lowest BCUT2D eigenvalue weighted by Gasteiger charge is -2.27. The van der Waals surface area contributed by atoms with E-state index >= 15 is 0 Å². The van der Waals surface area contributed by atoms with Crippen molar-refractivity contribution in [3.63, 3.8) is 0 Å². The SMILES string of the molecule is COC(=O)c1ccc(N)c(C2CCC2)c1. The Labute approximate surface area is 89.2 Å². The summed E-state index contributed by atoms with van der Waals surface area (Å²) in [5.74, 6) is 0.241. The number of carbonyl (C=O) groups excluding carboxylic acids is 1. The Hall–Kier alpha value is -1.51. The average molecular weight is 205 g/mol. The highest BCUT2D eigenvalue weighted by molar-refractivity contribution is 5.90. The minimum Gasteiger partial charge on any atom is -0.465 e. The molecule has 15 heavy (non-hydrogen) atoms. The third kappa shape index (κ3) is 1.82. The van der Waals surface area contributed by atoms with Gasteiger partial charge in [-0.25, -0.2) is 4.79 Å². The van der Waals surface area contributed by atoms with Crippen molar-refractivity contribution < 1.29 is 9.53 Å². The molecule has 0 aliphatic heterocycles. The fourth-order valence-electron chi connectivity index (χ4n) is 1.89. The van der Waals surface area contributed by atoms with Gasteiger partial charge in [0, 0.05) is 5.69 Å². The predicted octanol–water partition coefficient (Wildman–Crippen LogP) is 2.32. The fraction of sp³-hybridized carbons (Fsp3) is 0.417. The summed E-state index contributed by atoms with van der Waals surface area (Å²) < 4.78 is 4.68. The van der Waals surface area contributed by atoms with E-state index in [4.69, 9.17) is 5.73 Å². The minimum atomic E-state index is -0.296. The second-order valence-electron chi connectivity index (χ2n) is 3.96. The monoisotopic (exact) mass is 205 g/mol. The van der Waals surface area contributed by atoms with Gasteiger partial charge in [0.15, 0.2) is 0 Å². The number of hydrogen-bond acceptors (Lipinski definition) is 3. The minimum absolute atomic E-state index is 0.296. The highest BCUT2D eigenvalue weighted by Crippen LogP contribution is 2.39. The quantitative estimate of drug-likeness (QED) is 0.595. The topological polar surface area (TPSA) is 52.3 Å². The largest absolute Gasteiger partial charge is 0.465 e. The Bertz CT molecular complexity index is 383. The number of nitrogens with two attached hydrogens (primary N) is 1. The lowest BCUT2D eigenvalue weighted by molar-refractivity contribution is 0.0600. The van der Waals surface area contributed by atoms with Crippen molar-refractivity contribution in [1.29, 1.82) is 0 Å². The lowest BCUT2D eigenvalue weighted by atomic mass is 9.79. The lowest BCUT2D eigenvalue weighted by Crippen LogP contribution is -2.12. The molecule has 1 fully saturated rings. The van der Waals surface area contributed by atoms with Gasteiger partial charge >= 0.3 is 5.97 Å². The number of anilines is 1. The molecule has 0 spiro atoms. The number of methoxy groups -OCH3 is 1. The molecule has 3 heteroatoms. The van der Waals surface area contributed by atoms with Crippen LogP contribution in [0.1, 0.15) is 41.1 Å². The first-order valence-corrected chi connectivity index (χ1v) is 5.20. The summed E-state index contributed by atoms with van der Waals surface area (Å²) in [6.45, 7) is 0. The molecule has 2 N–H and O–H groups in total. The molecule has 0 saturated heterocycles. The summed E-state index contributed by atoms with van der Waals surface area (Å²) in [6, 6.07) is 5.37. The molecular formula is C12H15NO2. The summed E-state index contributed by atoms with van der Waals surface area (Å²) in [5.41, 5.74) is 8.37. The van der Waals surface area contributed by atoms with Gasteiger partial charge < -0.3 is 10.5 Å². The van der Waals surface area contributed by atoms with Gasteiger partial charge in [-0.3, -0.25) is 0 Å². The van der Waals surface area contributed by atoms with Crippen molar-refractivity contribution in [3.05, 3.63) is 29.3 Å². The summed E-state index contributed by atoms with van der Waals surface area (Å²) in [7, 11) is 1.39. The van der Waals surface area contributed by atoms with Crippen LogP contribution >= 0.6 is 0 Å². The number of carbonyl (C=O) groups is 1. The smallest absolute Gasteiger partial charge is 0.337 e. The van der Waals surface area contributed by atoms with Crippen LogP contribution < -0.4 is 5.73 Å². The number of rotatable bonds is 2. The Balaban J connectivity index is 2.31. The molecule has 1 aromatic carbocycles. The second-order valence-corrected chi connectivity index (χ2v) is 3.96. The zero-order valence-electron chi connectivity index (χ0n) is 8.82. The maximum Gasteiger partial charge on any atom is 0.337 e. The van der Waals surface area contributed by atoms with E-state index in [9.17, 15) is 4.79 Å². The Morgan fingerprint density at radius 2 is 2.20 bits per heavy atom. The van der Waals surface area contributed by atoms with Crippen LogP contribution in [0, 0.1) is 0 Å². The van der Waals surface area contributed by atoms with Crippen LogP contribution in [0.25, 0.3) is 0 Å². The Morgan fingerprint density at radius 3 is 2.73 bits per heavy atom. The standard InChI is InChI=1S/C12H15NO2/c1-15-12(14)9-5-6-11(13)10(7-9)8-3-2-4-8/h5-8H,2-4,13H2,1H3. The number of nitrogen functional groups attached to an aromatic ring is 1. The van der Waals surface area contributed by atoms with Gasteiger partial charge in [-0.2, -0.15) is 0 Å². The normalized spacial score (nSPS) is 15.8. The van der Waals surface area contributed by atoms with Crippen molar-refractivity contribution in [2.75, 3.05) is 12.8 Å². The number of esters is 1. The molecule has 80 valence electrons. The van der Waals surface area contributed by atoms with Gasteiger partial charge in [0.1, 0.15) is 0 Å². The molecule has 0 atom stereocenters. The third-order valence-electron chi connectivity index (χ3n) is 3.05. The van der Waals surface area contributed by atoms with E-state index in [0.717, 1.165) is 11.3 Å². The summed E-state index contributed by atoms with van der Waals surface area (Å²) in [4.78, 5) is 11.3. The maximum atomic E-state index is 11.3. The molecule has 3 nitrogen and oxygen atoms in total. The molecule has 1 aliphatic carbocycles. The van der Waals surface area contributed by atoms with Gasteiger partial charge in [-0.05, 0) is 42.5 Å². The second kappa shape index (κ2) is 3.93. The maximum absolute atomic E-state index is 11.3. The van der Waals surface area contributed by atoms with Gasteiger partial charge in [0.2, 0.25) is 0 Å². The van der Waals surface area contributed by atoms with E-state index < -0.39 is 0 Å². The summed E-state index contributed by atoms with van der Waals surface area (Å²) in [5, 5.41) is 0. The Kier molecular flexibility index (Phi) is 2.62. The molecular weight excluding hydrogens is 190 g/mol. The van der Waals surface area contributed by atoms with Crippen molar-refractivity contribution in [1.82, 2.24) is 0 Å². The predicted molar refractivity (Wildman–Crippen MR) is 58.8 cm³/mol. The Morgan fingerprint density at radius 1 is 1.47 bits per heavy atom. The third-order valence-corrected chi connectivity index (χ3v) is 3.05. The average Bonchev–Trinajstić information content (AvgIpc) is 2.17. The fourth-order valence-corrected chi connectivity index (χ4v) is 1.89. The highest BCUT2D eigenvalue weighted by Gasteiger charge is 2.22. The van der Waals surface area contributed by atoms with Crippen molar-refractivity contribution >= 4 is 11.7 Å². The van der Waals surface area contributed by atoms with Gasteiger partial charge in [0.25, 0.3) is 0 Å².